The summed E-state index contributed by atoms with van der Waals surface area (Å²) in [4.78, 5) is 4.82. The summed E-state index contributed by atoms with van der Waals surface area (Å²) in [7, 11) is -3.30. The van der Waals surface area contributed by atoms with Crippen molar-refractivity contribution in [1.82, 2.24) is 9.38 Å². The Kier molecular flexibility index (Phi) is 4.60. The molecule has 3 heterocycles. The fourth-order valence-corrected chi connectivity index (χ4v) is 4.83. The van der Waals surface area contributed by atoms with Crippen LogP contribution in [-0.4, -0.2) is 30.7 Å². The Bertz CT molecular complexity index is 1300. The van der Waals surface area contributed by atoms with E-state index in [9.17, 15) is 12.8 Å². The van der Waals surface area contributed by atoms with E-state index in [1.54, 1.807) is 18.3 Å². The molecule has 154 valence electrons. The van der Waals surface area contributed by atoms with E-state index in [2.05, 4.69) is 23.2 Å². The van der Waals surface area contributed by atoms with Gasteiger partial charge in [-0.2, -0.15) is 0 Å². The van der Waals surface area contributed by atoms with Gasteiger partial charge in [0.2, 0.25) is 0 Å². The molecule has 0 saturated heterocycles. The fraction of sp³-hybridized carbons (Fsp3) is 0.261. The van der Waals surface area contributed by atoms with Crippen LogP contribution < -0.4 is 0 Å². The van der Waals surface area contributed by atoms with E-state index >= 15 is 0 Å². The number of hydrogen-bond acceptors (Lipinski definition) is 4. The summed E-state index contributed by atoms with van der Waals surface area (Å²) in [6.07, 6.45) is 11.5. The van der Waals surface area contributed by atoms with Gasteiger partial charge in [-0.15, -0.1) is 0 Å². The van der Waals surface area contributed by atoms with E-state index in [1.165, 1.54) is 23.8 Å². The van der Waals surface area contributed by atoms with Gasteiger partial charge in [0.05, 0.1) is 29.5 Å². The average Bonchev–Trinajstić information content (AvgIpc) is 3.10. The summed E-state index contributed by atoms with van der Waals surface area (Å²) in [5, 5.41) is 0. The lowest BCUT2D eigenvalue weighted by Crippen LogP contribution is -2.20. The molecule has 5 rings (SSSR count). The zero-order chi connectivity index (χ0) is 20.9. The highest BCUT2D eigenvalue weighted by molar-refractivity contribution is 7.90. The lowest BCUT2D eigenvalue weighted by Gasteiger charge is -2.25. The Hall–Kier alpha value is -2.77. The van der Waals surface area contributed by atoms with Gasteiger partial charge in [-0.1, -0.05) is 30.4 Å². The molecule has 0 saturated carbocycles. The Morgan fingerprint density at radius 2 is 2.00 bits per heavy atom. The number of pyridine rings is 1. The number of fused-ring (bicyclic) bond motifs is 3. The molecule has 0 spiro atoms. The SMILES string of the molecule is CS(=O)(=O)c1ccc(-c2cn3c4c(nc3cc2F)COCC4C2=CCCC=C2)cc1. The summed E-state index contributed by atoms with van der Waals surface area (Å²) < 4.78 is 46.1. The molecular formula is C23H21FN2O3S. The predicted octanol–water partition coefficient (Wildman–Crippen LogP) is 4.43. The normalized spacial score (nSPS) is 19.0. The fourth-order valence-electron chi connectivity index (χ4n) is 4.20. The summed E-state index contributed by atoms with van der Waals surface area (Å²) in [5.74, 6) is -0.350. The van der Waals surface area contributed by atoms with E-state index in [4.69, 9.17) is 4.74 Å². The van der Waals surface area contributed by atoms with Crippen molar-refractivity contribution >= 4 is 15.5 Å². The van der Waals surface area contributed by atoms with Crippen molar-refractivity contribution in [3.63, 3.8) is 0 Å². The van der Waals surface area contributed by atoms with Crippen LogP contribution >= 0.6 is 0 Å². The number of benzene rings is 1. The van der Waals surface area contributed by atoms with Crippen molar-refractivity contribution in [1.29, 1.82) is 0 Å². The zero-order valence-electron chi connectivity index (χ0n) is 16.5. The minimum atomic E-state index is -3.30. The Balaban J connectivity index is 1.65. The first-order valence-corrected chi connectivity index (χ1v) is 11.8. The highest BCUT2D eigenvalue weighted by atomic mass is 32.2. The average molecular weight is 424 g/mol. The van der Waals surface area contributed by atoms with Gasteiger partial charge < -0.3 is 9.14 Å². The monoisotopic (exact) mass is 424 g/mol. The second-order valence-corrected chi connectivity index (χ2v) is 9.77. The van der Waals surface area contributed by atoms with E-state index in [0.29, 0.717) is 30.0 Å². The molecule has 0 fully saturated rings. The zero-order valence-corrected chi connectivity index (χ0v) is 17.3. The lowest BCUT2D eigenvalue weighted by molar-refractivity contribution is 0.0953. The molecule has 7 heteroatoms. The van der Waals surface area contributed by atoms with Crippen LogP contribution in [0.1, 0.15) is 30.1 Å². The minimum absolute atomic E-state index is 0.0474. The number of allylic oxidation sites excluding steroid dienone is 3. The van der Waals surface area contributed by atoms with Crippen molar-refractivity contribution in [2.24, 2.45) is 0 Å². The topological polar surface area (TPSA) is 60.7 Å². The maximum atomic E-state index is 14.9. The smallest absolute Gasteiger partial charge is 0.175 e. The van der Waals surface area contributed by atoms with Crippen molar-refractivity contribution in [3.05, 3.63) is 77.5 Å². The second-order valence-electron chi connectivity index (χ2n) is 7.76. The number of halogens is 1. The third-order valence-electron chi connectivity index (χ3n) is 5.70. The molecule has 1 unspecified atom stereocenters. The van der Waals surface area contributed by atoms with Crippen LogP contribution in [0.4, 0.5) is 4.39 Å². The molecule has 3 aromatic rings. The van der Waals surface area contributed by atoms with Crippen LogP contribution in [0, 0.1) is 5.82 Å². The van der Waals surface area contributed by atoms with Crippen LogP contribution in [0.15, 0.2) is 65.2 Å². The van der Waals surface area contributed by atoms with Crippen molar-refractivity contribution in [3.8, 4) is 11.1 Å². The lowest BCUT2D eigenvalue weighted by atomic mass is 9.90. The largest absolute Gasteiger partial charge is 0.374 e. The molecule has 5 nitrogen and oxygen atoms in total. The molecule has 1 aliphatic heterocycles. The molecule has 1 aromatic carbocycles. The summed E-state index contributed by atoms with van der Waals surface area (Å²) in [6, 6.07) is 7.71. The quantitative estimate of drug-likeness (QED) is 0.624. The van der Waals surface area contributed by atoms with Crippen LogP contribution in [0.25, 0.3) is 16.8 Å². The Morgan fingerprint density at radius 3 is 2.70 bits per heavy atom. The maximum Gasteiger partial charge on any atom is 0.175 e. The van der Waals surface area contributed by atoms with Crippen LogP contribution in [0.3, 0.4) is 0 Å². The summed E-state index contributed by atoms with van der Waals surface area (Å²) in [5.41, 5.74) is 4.63. The number of aromatic nitrogens is 2. The number of imidazole rings is 1. The molecule has 0 amide bonds. The summed E-state index contributed by atoms with van der Waals surface area (Å²) >= 11 is 0. The van der Waals surface area contributed by atoms with Crippen LogP contribution in [-0.2, 0) is 21.2 Å². The van der Waals surface area contributed by atoms with Crippen molar-refractivity contribution in [2.75, 3.05) is 12.9 Å². The highest BCUT2D eigenvalue weighted by Crippen LogP contribution is 2.36. The van der Waals surface area contributed by atoms with E-state index in [-0.39, 0.29) is 10.8 Å². The van der Waals surface area contributed by atoms with Crippen LogP contribution in [0.5, 0.6) is 0 Å². The Labute approximate surface area is 174 Å². The van der Waals surface area contributed by atoms with Gasteiger partial charge in [-0.3, -0.25) is 0 Å². The first kappa shape index (κ1) is 19.2. The molecule has 2 aromatic heterocycles. The van der Waals surface area contributed by atoms with Gasteiger partial charge in [-0.25, -0.2) is 17.8 Å². The molecule has 2 aliphatic rings. The van der Waals surface area contributed by atoms with Gasteiger partial charge in [0.1, 0.15) is 11.5 Å². The van der Waals surface area contributed by atoms with E-state index in [1.807, 2.05) is 4.40 Å². The molecule has 30 heavy (non-hydrogen) atoms. The number of nitrogens with zero attached hydrogens (tertiary/aromatic N) is 2. The number of ether oxygens (including phenoxy) is 1. The highest BCUT2D eigenvalue weighted by Gasteiger charge is 2.29. The summed E-state index contributed by atoms with van der Waals surface area (Å²) in [6.45, 7) is 0.969. The molecule has 1 atom stereocenters. The predicted molar refractivity (Wildman–Crippen MR) is 113 cm³/mol. The van der Waals surface area contributed by atoms with Crippen LogP contribution in [0.2, 0.25) is 0 Å². The Morgan fingerprint density at radius 1 is 1.20 bits per heavy atom. The third kappa shape index (κ3) is 3.28. The molecule has 1 aliphatic carbocycles. The number of hydrogen-bond donors (Lipinski definition) is 0. The number of rotatable bonds is 3. The molecule has 0 N–H and O–H groups in total. The van der Waals surface area contributed by atoms with E-state index in [0.717, 1.165) is 30.5 Å². The van der Waals surface area contributed by atoms with Gasteiger partial charge in [-0.05, 0) is 36.1 Å². The van der Waals surface area contributed by atoms with Gasteiger partial charge in [0.25, 0.3) is 0 Å². The molecular weight excluding hydrogens is 403 g/mol. The first-order chi connectivity index (χ1) is 14.4. The van der Waals surface area contributed by atoms with Gasteiger partial charge >= 0.3 is 0 Å². The van der Waals surface area contributed by atoms with Crippen molar-refractivity contribution in [2.45, 2.75) is 30.3 Å². The van der Waals surface area contributed by atoms with Crippen molar-refractivity contribution < 1.29 is 17.5 Å². The third-order valence-corrected chi connectivity index (χ3v) is 6.82. The second kappa shape index (κ2) is 7.18. The molecule has 0 bridgehead atoms. The van der Waals surface area contributed by atoms with Gasteiger partial charge in [0, 0.05) is 30.0 Å². The standard InChI is InChI=1S/C23H21FN2O3S/c1-30(27,28)17-9-7-16(8-10-17)18-12-26-22(11-20(18)24)25-21-14-29-13-19(23(21)26)15-5-3-2-4-6-15/h3,5-12,19H,2,4,13-14H2,1H3. The maximum absolute atomic E-state index is 14.9. The van der Waals surface area contributed by atoms with Gasteiger partial charge in [0.15, 0.2) is 9.84 Å². The number of sulfone groups is 1. The minimum Gasteiger partial charge on any atom is -0.374 e. The van der Waals surface area contributed by atoms with E-state index < -0.39 is 15.7 Å². The molecule has 0 radical (unpaired) electrons. The first-order valence-electron chi connectivity index (χ1n) is 9.87.